The molecule has 2 aliphatic rings. The molecular weight excluding hydrogens is 338 g/mol. The highest BCUT2D eigenvalue weighted by molar-refractivity contribution is 7.88. The van der Waals surface area contributed by atoms with E-state index in [0.717, 1.165) is 5.52 Å². The van der Waals surface area contributed by atoms with Gasteiger partial charge in [0.1, 0.15) is 5.60 Å². The van der Waals surface area contributed by atoms with Gasteiger partial charge >= 0.3 is 0 Å². The Morgan fingerprint density at radius 2 is 1.96 bits per heavy atom. The summed E-state index contributed by atoms with van der Waals surface area (Å²) in [5.41, 5.74) is 0.498. The van der Waals surface area contributed by atoms with Gasteiger partial charge in [-0.05, 0) is 36.8 Å². The lowest BCUT2D eigenvalue weighted by Gasteiger charge is -2.27. The van der Waals surface area contributed by atoms with Crippen LogP contribution in [-0.2, 0) is 15.6 Å². The molecule has 1 aliphatic heterocycles. The summed E-state index contributed by atoms with van der Waals surface area (Å²) in [6, 6.07) is 3.64. The average molecular weight is 356 g/mol. The molecular formula is C15H18ClN3O3S. The molecule has 0 radical (unpaired) electrons. The molecule has 1 saturated heterocycles. The third-order valence-electron chi connectivity index (χ3n) is 5.19. The molecule has 2 aromatic rings. The molecule has 8 heteroatoms. The van der Waals surface area contributed by atoms with Crippen LogP contribution in [0.3, 0.4) is 0 Å². The molecule has 0 spiro atoms. The number of halogens is 1. The number of hydrogen-bond donors (Lipinski definition) is 1. The molecule has 3 atom stereocenters. The molecule has 2 aromatic heterocycles. The van der Waals surface area contributed by atoms with Crippen molar-refractivity contribution in [1.29, 1.82) is 0 Å². The van der Waals surface area contributed by atoms with Gasteiger partial charge in [0, 0.05) is 13.1 Å². The number of hydrogen-bond acceptors (Lipinski definition) is 4. The van der Waals surface area contributed by atoms with E-state index in [-0.39, 0.29) is 11.8 Å². The van der Waals surface area contributed by atoms with Gasteiger partial charge in [-0.1, -0.05) is 11.6 Å². The Morgan fingerprint density at radius 3 is 2.57 bits per heavy atom. The standard InChI is InChI=1S/C15H18ClN3O3S/c1-23(21,22)18-7-10-4-15(20,5-11(10)8-18)14-13(16)3-2-12-6-17-9-19(12)14/h2-3,6,9-11,20H,4-5,7-8H2,1H3/t10-,11+,15-. The molecule has 3 heterocycles. The summed E-state index contributed by atoms with van der Waals surface area (Å²) < 4.78 is 26.8. The molecule has 1 saturated carbocycles. The van der Waals surface area contributed by atoms with Gasteiger partial charge in [-0.25, -0.2) is 17.7 Å². The number of fused-ring (bicyclic) bond motifs is 2. The van der Waals surface area contributed by atoms with Crippen molar-refractivity contribution < 1.29 is 13.5 Å². The molecule has 4 rings (SSSR count). The van der Waals surface area contributed by atoms with E-state index >= 15 is 0 Å². The van der Waals surface area contributed by atoms with E-state index in [4.69, 9.17) is 11.6 Å². The SMILES string of the molecule is CS(=O)(=O)N1C[C@@H]2C[C@@](O)(c3c(Cl)ccc4cncn34)C[C@@H]2C1. The van der Waals surface area contributed by atoms with Crippen molar-refractivity contribution in [3.63, 3.8) is 0 Å². The van der Waals surface area contributed by atoms with E-state index in [2.05, 4.69) is 4.98 Å². The number of nitrogens with zero attached hydrogens (tertiary/aromatic N) is 3. The topological polar surface area (TPSA) is 74.9 Å². The molecule has 0 amide bonds. The number of sulfonamides is 1. The predicted octanol–water partition coefficient (Wildman–Crippen LogP) is 1.48. The molecule has 2 fully saturated rings. The van der Waals surface area contributed by atoms with Crippen LogP contribution in [0.5, 0.6) is 0 Å². The maximum atomic E-state index is 11.7. The molecule has 0 unspecified atom stereocenters. The summed E-state index contributed by atoms with van der Waals surface area (Å²) in [5.74, 6) is 0.314. The maximum Gasteiger partial charge on any atom is 0.211 e. The maximum absolute atomic E-state index is 11.7. The highest BCUT2D eigenvalue weighted by Crippen LogP contribution is 2.50. The molecule has 124 valence electrons. The first kappa shape index (κ1) is 15.4. The van der Waals surface area contributed by atoms with Crippen molar-refractivity contribution in [2.45, 2.75) is 18.4 Å². The fourth-order valence-corrected chi connectivity index (χ4v) is 5.44. The quantitative estimate of drug-likeness (QED) is 0.885. The zero-order valence-electron chi connectivity index (χ0n) is 12.7. The Bertz CT molecular complexity index is 865. The number of aliphatic hydroxyl groups is 1. The van der Waals surface area contributed by atoms with E-state index in [9.17, 15) is 13.5 Å². The van der Waals surface area contributed by atoms with Crippen LogP contribution in [0.1, 0.15) is 18.5 Å². The van der Waals surface area contributed by atoms with Crippen LogP contribution in [-0.4, -0.2) is 46.6 Å². The van der Waals surface area contributed by atoms with Gasteiger partial charge in [-0.2, -0.15) is 0 Å². The molecule has 6 nitrogen and oxygen atoms in total. The smallest absolute Gasteiger partial charge is 0.211 e. The summed E-state index contributed by atoms with van der Waals surface area (Å²) in [5, 5.41) is 11.8. The van der Waals surface area contributed by atoms with Crippen LogP contribution in [0.4, 0.5) is 0 Å². The van der Waals surface area contributed by atoms with Crippen molar-refractivity contribution in [3.8, 4) is 0 Å². The van der Waals surface area contributed by atoms with E-state index in [0.29, 0.717) is 36.6 Å². The summed E-state index contributed by atoms with van der Waals surface area (Å²) in [6.07, 6.45) is 5.65. The molecule has 0 aromatic carbocycles. The normalized spacial score (nSPS) is 31.8. The highest BCUT2D eigenvalue weighted by atomic mass is 35.5. The first-order valence-corrected chi connectivity index (χ1v) is 9.79. The summed E-state index contributed by atoms with van der Waals surface area (Å²) in [4.78, 5) is 4.13. The van der Waals surface area contributed by atoms with Crippen molar-refractivity contribution in [2.24, 2.45) is 11.8 Å². The summed E-state index contributed by atoms with van der Waals surface area (Å²) in [6.45, 7) is 0.951. The van der Waals surface area contributed by atoms with Crippen molar-refractivity contribution in [2.75, 3.05) is 19.3 Å². The Balaban J connectivity index is 1.70. The van der Waals surface area contributed by atoms with Crippen LogP contribution >= 0.6 is 11.6 Å². The number of rotatable bonds is 2. The molecule has 23 heavy (non-hydrogen) atoms. The van der Waals surface area contributed by atoms with Gasteiger partial charge in [-0.15, -0.1) is 0 Å². The summed E-state index contributed by atoms with van der Waals surface area (Å²) >= 11 is 6.37. The van der Waals surface area contributed by atoms with Crippen molar-refractivity contribution in [1.82, 2.24) is 13.7 Å². The van der Waals surface area contributed by atoms with Gasteiger partial charge in [0.2, 0.25) is 10.0 Å². The summed E-state index contributed by atoms with van der Waals surface area (Å²) in [7, 11) is -3.17. The first-order chi connectivity index (χ1) is 10.8. The fraction of sp³-hybridized carbons (Fsp3) is 0.533. The lowest BCUT2D eigenvalue weighted by molar-refractivity contribution is 0.0285. The third kappa shape index (κ3) is 2.38. The fourth-order valence-electron chi connectivity index (χ4n) is 4.19. The Labute approximate surface area is 139 Å². The van der Waals surface area contributed by atoms with Gasteiger partial charge in [0.25, 0.3) is 0 Å². The predicted molar refractivity (Wildman–Crippen MR) is 86.7 cm³/mol. The minimum Gasteiger partial charge on any atom is -0.384 e. The second kappa shape index (κ2) is 4.92. The van der Waals surface area contributed by atoms with Crippen LogP contribution < -0.4 is 0 Å². The van der Waals surface area contributed by atoms with E-state index in [1.807, 2.05) is 10.5 Å². The minimum atomic E-state index is -3.17. The van der Waals surface area contributed by atoms with Crippen LogP contribution in [0.15, 0.2) is 24.7 Å². The monoisotopic (exact) mass is 355 g/mol. The van der Waals surface area contributed by atoms with Gasteiger partial charge < -0.3 is 5.11 Å². The second-order valence-electron chi connectivity index (χ2n) is 6.76. The van der Waals surface area contributed by atoms with Gasteiger partial charge in [0.05, 0.1) is 35.0 Å². The van der Waals surface area contributed by atoms with Crippen LogP contribution in [0.2, 0.25) is 5.02 Å². The number of pyridine rings is 1. The van der Waals surface area contributed by atoms with Gasteiger partial charge in [0.15, 0.2) is 0 Å². The Morgan fingerprint density at radius 1 is 1.30 bits per heavy atom. The van der Waals surface area contributed by atoms with E-state index in [1.165, 1.54) is 10.6 Å². The number of imidazole rings is 1. The molecule has 1 N–H and O–H groups in total. The Hall–Kier alpha value is -1.15. The lowest BCUT2D eigenvalue weighted by Crippen LogP contribution is -2.32. The van der Waals surface area contributed by atoms with Crippen LogP contribution in [0.25, 0.3) is 5.52 Å². The van der Waals surface area contributed by atoms with Gasteiger partial charge in [-0.3, -0.25) is 4.40 Å². The van der Waals surface area contributed by atoms with E-state index in [1.54, 1.807) is 18.6 Å². The zero-order chi connectivity index (χ0) is 16.4. The first-order valence-electron chi connectivity index (χ1n) is 7.56. The highest BCUT2D eigenvalue weighted by Gasteiger charge is 2.52. The van der Waals surface area contributed by atoms with Crippen molar-refractivity contribution in [3.05, 3.63) is 35.4 Å². The number of aromatic nitrogens is 2. The van der Waals surface area contributed by atoms with E-state index < -0.39 is 15.6 Å². The Kier molecular flexibility index (Phi) is 3.29. The third-order valence-corrected chi connectivity index (χ3v) is 6.73. The average Bonchev–Trinajstić information content (AvgIpc) is 3.09. The molecule has 0 bridgehead atoms. The minimum absolute atomic E-state index is 0.157. The largest absolute Gasteiger partial charge is 0.384 e. The lowest BCUT2D eigenvalue weighted by atomic mass is 9.94. The van der Waals surface area contributed by atoms with Crippen LogP contribution in [0, 0.1) is 11.8 Å². The zero-order valence-corrected chi connectivity index (χ0v) is 14.3. The van der Waals surface area contributed by atoms with Crippen molar-refractivity contribution >= 4 is 27.1 Å². The molecule has 1 aliphatic carbocycles. The second-order valence-corrected chi connectivity index (χ2v) is 9.15.